The van der Waals surface area contributed by atoms with E-state index in [0.29, 0.717) is 18.0 Å². The lowest BCUT2D eigenvalue weighted by molar-refractivity contribution is -0.116. The SMILES string of the molecule is CCOc1ccccc1N(CC#N)C(=O)CCl. The van der Waals surface area contributed by atoms with Crippen LogP contribution in [0.3, 0.4) is 0 Å². The zero-order chi connectivity index (χ0) is 12.7. The average molecular weight is 253 g/mol. The number of ether oxygens (including phenoxy) is 1. The van der Waals surface area contributed by atoms with E-state index in [1.165, 1.54) is 4.90 Å². The minimum atomic E-state index is -0.319. The Bertz CT molecular complexity index is 429. The van der Waals surface area contributed by atoms with Gasteiger partial charge in [-0.3, -0.25) is 9.69 Å². The number of rotatable bonds is 5. The van der Waals surface area contributed by atoms with Gasteiger partial charge in [0, 0.05) is 0 Å². The quantitative estimate of drug-likeness (QED) is 0.596. The van der Waals surface area contributed by atoms with E-state index in [9.17, 15) is 4.79 Å². The van der Waals surface area contributed by atoms with Crippen molar-refractivity contribution in [1.82, 2.24) is 0 Å². The zero-order valence-corrected chi connectivity index (χ0v) is 10.3. The molecule has 0 atom stereocenters. The maximum absolute atomic E-state index is 11.6. The van der Waals surface area contributed by atoms with Crippen molar-refractivity contribution in [2.75, 3.05) is 23.9 Å². The first-order valence-electron chi connectivity index (χ1n) is 5.19. The topological polar surface area (TPSA) is 53.3 Å². The largest absolute Gasteiger partial charge is 0.492 e. The highest BCUT2D eigenvalue weighted by Gasteiger charge is 2.17. The summed E-state index contributed by atoms with van der Waals surface area (Å²) in [7, 11) is 0. The predicted molar refractivity (Wildman–Crippen MR) is 66.3 cm³/mol. The number of amides is 1. The lowest BCUT2D eigenvalue weighted by Gasteiger charge is -2.21. The van der Waals surface area contributed by atoms with Gasteiger partial charge < -0.3 is 4.74 Å². The van der Waals surface area contributed by atoms with Gasteiger partial charge in [0.15, 0.2) is 0 Å². The molecular weight excluding hydrogens is 240 g/mol. The molecule has 1 aromatic rings. The first-order valence-corrected chi connectivity index (χ1v) is 5.73. The lowest BCUT2D eigenvalue weighted by atomic mass is 10.2. The molecule has 0 saturated carbocycles. The van der Waals surface area contributed by atoms with Crippen molar-refractivity contribution in [2.24, 2.45) is 0 Å². The number of anilines is 1. The molecule has 0 spiro atoms. The molecular formula is C12H13ClN2O2. The maximum Gasteiger partial charge on any atom is 0.242 e. The van der Waals surface area contributed by atoms with Crippen LogP contribution in [0.25, 0.3) is 0 Å². The third-order valence-corrected chi connectivity index (χ3v) is 2.33. The van der Waals surface area contributed by atoms with Crippen molar-refractivity contribution in [3.63, 3.8) is 0 Å². The van der Waals surface area contributed by atoms with Crippen LogP contribution in [0, 0.1) is 11.3 Å². The molecule has 0 heterocycles. The Hall–Kier alpha value is -1.73. The van der Waals surface area contributed by atoms with Crippen LogP contribution in [0.5, 0.6) is 5.75 Å². The third kappa shape index (κ3) is 3.36. The average Bonchev–Trinajstić information content (AvgIpc) is 2.36. The molecule has 1 rings (SSSR count). The molecule has 5 heteroatoms. The van der Waals surface area contributed by atoms with Crippen LogP contribution in [0.15, 0.2) is 24.3 Å². The second-order valence-corrected chi connectivity index (χ2v) is 3.44. The summed E-state index contributed by atoms with van der Waals surface area (Å²) in [5, 5.41) is 8.74. The van der Waals surface area contributed by atoms with Gasteiger partial charge in [-0.1, -0.05) is 12.1 Å². The highest BCUT2D eigenvalue weighted by molar-refractivity contribution is 6.29. The summed E-state index contributed by atoms with van der Waals surface area (Å²) in [5.74, 6) is 0.0892. The van der Waals surface area contributed by atoms with Gasteiger partial charge in [-0.05, 0) is 19.1 Å². The Labute approximate surface area is 105 Å². The number of hydrogen-bond acceptors (Lipinski definition) is 3. The summed E-state index contributed by atoms with van der Waals surface area (Å²) in [5.41, 5.74) is 0.571. The van der Waals surface area contributed by atoms with Crippen LogP contribution in [0.1, 0.15) is 6.92 Å². The Balaban J connectivity index is 3.09. The Morgan fingerprint density at radius 3 is 2.82 bits per heavy atom. The maximum atomic E-state index is 11.6. The number of nitrogens with zero attached hydrogens (tertiary/aromatic N) is 2. The predicted octanol–water partition coefficient (Wildman–Crippen LogP) is 2.18. The summed E-state index contributed by atoms with van der Waals surface area (Å²) in [6.07, 6.45) is 0. The highest BCUT2D eigenvalue weighted by atomic mass is 35.5. The molecule has 0 radical (unpaired) electrons. The van der Waals surface area contributed by atoms with Gasteiger partial charge in [0.25, 0.3) is 0 Å². The number of carbonyl (C=O) groups excluding carboxylic acids is 1. The van der Waals surface area contributed by atoms with E-state index in [1.54, 1.807) is 18.2 Å². The van der Waals surface area contributed by atoms with Crippen molar-refractivity contribution in [2.45, 2.75) is 6.92 Å². The van der Waals surface area contributed by atoms with E-state index in [-0.39, 0.29) is 18.3 Å². The van der Waals surface area contributed by atoms with Crippen molar-refractivity contribution in [3.8, 4) is 11.8 Å². The molecule has 0 aliphatic rings. The van der Waals surface area contributed by atoms with E-state index >= 15 is 0 Å². The molecule has 17 heavy (non-hydrogen) atoms. The molecule has 1 amide bonds. The molecule has 0 aromatic heterocycles. The molecule has 90 valence electrons. The second kappa shape index (κ2) is 6.77. The summed E-state index contributed by atoms with van der Waals surface area (Å²) in [6.45, 7) is 2.30. The van der Waals surface area contributed by atoms with Crippen molar-refractivity contribution >= 4 is 23.2 Å². The minimum absolute atomic E-state index is 0.0460. The van der Waals surface area contributed by atoms with Crippen LogP contribution in [-0.2, 0) is 4.79 Å². The van der Waals surface area contributed by atoms with Crippen LogP contribution < -0.4 is 9.64 Å². The third-order valence-electron chi connectivity index (χ3n) is 2.10. The Kier molecular flexibility index (Phi) is 5.31. The molecule has 0 saturated heterocycles. The van der Waals surface area contributed by atoms with Crippen LogP contribution in [-0.4, -0.2) is 24.9 Å². The standard InChI is InChI=1S/C12H13ClN2O2/c1-2-17-11-6-4-3-5-10(11)15(8-7-14)12(16)9-13/h3-6H,2,8-9H2,1H3. The van der Waals surface area contributed by atoms with E-state index < -0.39 is 0 Å². The Morgan fingerprint density at radius 1 is 1.53 bits per heavy atom. The van der Waals surface area contributed by atoms with Crippen molar-refractivity contribution in [3.05, 3.63) is 24.3 Å². The molecule has 0 aliphatic heterocycles. The number of hydrogen-bond donors (Lipinski definition) is 0. The molecule has 1 aromatic carbocycles. The molecule has 0 unspecified atom stereocenters. The van der Waals surface area contributed by atoms with Gasteiger partial charge in [-0.2, -0.15) is 5.26 Å². The number of halogens is 1. The monoisotopic (exact) mass is 252 g/mol. The molecule has 0 fully saturated rings. The number of alkyl halides is 1. The van der Waals surface area contributed by atoms with Gasteiger partial charge in [-0.15, -0.1) is 11.6 Å². The van der Waals surface area contributed by atoms with Gasteiger partial charge in [-0.25, -0.2) is 0 Å². The van der Waals surface area contributed by atoms with Gasteiger partial charge in [0.2, 0.25) is 5.91 Å². The van der Waals surface area contributed by atoms with E-state index in [1.807, 2.05) is 19.1 Å². The first kappa shape index (κ1) is 13.3. The molecule has 0 N–H and O–H groups in total. The van der Waals surface area contributed by atoms with E-state index in [4.69, 9.17) is 21.6 Å². The van der Waals surface area contributed by atoms with E-state index in [0.717, 1.165) is 0 Å². The molecule has 0 bridgehead atoms. The number of benzene rings is 1. The fourth-order valence-corrected chi connectivity index (χ4v) is 1.55. The Morgan fingerprint density at radius 2 is 2.24 bits per heavy atom. The minimum Gasteiger partial charge on any atom is -0.492 e. The fraction of sp³-hybridized carbons (Fsp3) is 0.333. The van der Waals surface area contributed by atoms with Gasteiger partial charge in [0.1, 0.15) is 18.2 Å². The summed E-state index contributed by atoms with van der Waals surface area (Å²) >= 11 is 5.52. The number of nitriles is 1. The lowest BCUT2D eigenvalue weighted by Crippen LogP contribution is -2.32. The summed E-state index contributed by atoms with van der Waals surface area (Å²) < 4.78 is 5.41. The molecule has 0 aliphatic carbocycles. The summed E-state index contributed by atoms with van der Waals surface area (Å²) in [4.78, 5) is 13.0. The highest BCUT2D eigenvalue weighted by Crippen LogP contribution is 2.28. The van der Waals surface area contributed by atoms with E-state index in [2.05, 4.69) is 0 Å². The molecule has 4 nitrogen and oxygen atoms in total. The number of carbonyl (C=O) groups is 1. The summed E-state index contributed by atoms with van der Waals surface area (Å²) in [6, 6.07) is 9.02. The smallest absolute Gasteiger partial charge is 0.242 e. The van der Waals surface area contributed by atoms with Gasteiger partial charge >= 0.3 is 0 Å². The van der Waals surface area contributed by atoms with Crippen molar-refractivity contribution in [1.29, 1.82) is 5.26 Å². The van der Waals surface area contributed by atoms with Crippen LogP contribution >= 0.6 is 11.6 Å². The normalized spacial score (nSPS) is 9.47. The number of para-hydroxylation sites is 2. The fourth-order valence-electron chi connectivity index (χ4n) is 1.41. The zero-order valence-electron chi connectivity index (χ0n) is 9.52. The second-order valence-electron chi connectivity index (χ2n) is 3.17. The first-order chi connectivity index (χ1) is 8.24. The van der Waals surface area contributed by atoms with Gasteiger partial charge in [0.05, 0.1) is 18.4 Å². The van der Waals surface area contributed by atoms with Crippen molar-refractivity contribution < 1.29 is 9.53 Å². The van der Waals surface area contributed by atoms with Crippen LogP contribution in [0.2, 0.25) is 0 Å². The van der Waals surface area contributed by atoms with Crippen LogP contribution in [0.4, 0.5) is 5.69 Å².